The molecule has 0 unspecified atom stereocenters. The smallest absolute Gasteiger partial charge is 0.226 e. The quantitative estimate of drug-likeness (QED) is 0.546. The summed E-state index contributed by atoms with van der Waals surface area (Å²) in [5, 5.41) is 6.80. The molecule has 2 atom stereocenters. The van der Waals surface area contributed by atoms with Crippen molar-refractivity contribution in [1.29, 1.82) is 0 Å². The van der Waals surface area contributed by atoms with Crippen molar-refractivity contribution in [2.24, 2.45) is 0 Å². The first kappa shape index (κ1) is 21.0. The minimum atomic E-state index is -0.339. The molecule has 1 aromatic carbocycles. The van der Waals surface area contributed by atoms with Gasteiger partial charge in [0.05, 0.1) is 17.8 Å². The SMILES string of the molecule is CCn1cccc1[C@H]1[C@H](c2ccccn2)NC(=S)N1CCC(=O)Nc1ccc(F)cc1. The second-order valence-corrected chi connectivity index (χ2v) is 7.73. The number of halogens is 1. The average molecular weight is 438 g/mol. The number of nitrogens with one attached hydrogen (secondary N) is 2. The Morgan fingerprint density at radius 1 is 1.19 bits per heavy atom. The molecule has 3 aromatic rings. The standard InChI is InChI=1S/C23H24FN5OS/c1-2-28-14-5-7-19(28)22-21(18-6-3-4-13-25-18)27-23(31)29(22)15-12-20(30)26-17-10-8-16(24)9-11-17/h3-11,13-14,21-22H,2,12,15H2,1H3,(H,26,30)(H,27,31)/t21-,22-/m0/s1. The Morgan fingerprint density at radius 2 is 2.00 bits per heavy atom. The van der Waals surface area contributed by atoms with E-state index in [-0.39, 0.29) is 30.2 Å². The molecule has 0 bridgehead atoms. The van der Waals surface area contributed by atoms with Crippen LogP contribution in [-0.2, 0) is 11.3 Å². The lowest BCUT2D eigenvalue weighted by Crippen LogP contribution is -2.33. The second-order valence-electron chi connectivity index (χ2n) is 7.34. The van der Waals surface area contributed by atoms with Gasteiger partial charge in [0.25, 0.3) is 0 Å². The monoisotopic (exact) mass is 437 g/mol. The van der Waals surface area contributed by atoms with Crippen LogP contribution in [0, 0.1) is 5.82 Å². The van der Waals surface area contributed by atoms with Crippen molar-refractivity contribution in [3.63, 3.8) is 0 Å². The van der Waals surface area contributed by atoms with Crippen LogP contribution in [0.2, 0.25) is 0 Å². The Labute approximate surface area is 186 Å². The lowest BCUT2D eigenvalue weighted by molar-refractivity contribution is -0.116. The fourth-order valence-corrected chi connectivity index (χ4v) is 4.26. The number of pyridine rings is 1. The number of hydrogen-bond donors (Lipinski definition) is 2. The second kappa shape index (κ2) is 9.26. The minimum absolute atomic E-state index is 0.0871. The first-order chi connectivity index (χ1) is 15.1. The third-order valence-corrected chi connectivity index (χ3v) is 5.77. The third kappa shape index (κ3) is 4.59. The van der Waals surface area contributed by atoms with Gasteiger partial charge in [-0.15, -0.1) is 0 Å². The summed E-state index contributed by atoms with van der Waals surface area (Å²) in [5.41, 5.74) is 2.58. The van der Waals surface area contributed by atoms with Gasteiger partial charge in [-0.1, -0.05) is 6.07 Å². The number of aryl methyl sites for hydroxylation is 1. The normalized spacial score (nSPS) is 18.1. The largest absolute Gasteiger partial charge is 0.352 e. The molecule has 31 heavy (non-hydrogen) atoms. The van der Waals surface area contributed by atoms with E-state index in [4.69, 9.17) is 12.2 Å². The highest BCUT2D eigenvalue weighted by Gasteiger charge is 2.40. The number of aromatic nitrogens is 2. The highest BCUT2D eigenvalue weighted by Crippen LogP contribution is 2.38. The van der Waals surface area contributed by atoms with Crippen molar-refractivity contribution in [3.8, 4) is 0 Å². The lowest BCUT2D eigenvalue weighted by atomic mass is 10.0. The number of amides is 1. The Hall–Kier alpha value is -3.26. The summed E-state index contributed by atoms with van der Waals surface area (Å²) < 4.78 is 15.3. The molecule has 1 aliphatic heterocycles. The van der Waals surface area contributed by atoms with Crippen LogP contribution in [0.1, 0.15) is 36.8 Å². The zero-order valence-corrected chi connectivity index (χ0v) is 18.0. The molecule has 0 spiro atoms. The molecular weight excluding hydrogens is 413 g/mol. The number of hydrogen-bond acceptors (Lipinski definition) is 3. The van der Waals surface area contributed by atoms with Crippen molar-refractivity contribution < 1.29 is 9.18 Å². The Bertz CT molecular complexity index is 1050. The van der Waals surface area contributed by atoms with Gasteiger partial charge in [-0.25, -0.2) is 4.39 Å². The average Bonchev–Trinajstić information content (AvgIpc) is 3.38. The highest BCUT2D eigenvalue weighted by atomic mass is 32.1. The van der Waals surface area contributed by atoms with Gasteiger partial charge in [0.15, 0.2) is 5.11 Å². The molecule has 2 aromatic heterocycles. The van der Waals surface area contributed by atoms with Crippen molar-refractivity contribution in [2.45, 2.75) is 32.0 Å². The Kier molecular flexibility index (Phi) is 6.27. The van der Waals surface area contributed by atoms with Crippen LogP contribution in [0.15, 0.2) is 67.0 Å². The zero-order valence-electron chi connectivity index (χ0n) is 17.2. The molecule has 1 fully saturated rings. The molecule has 8 heteroatoms. The summed E-state index contributed by atoms with van der Waals surface area (Å²) in [6, 6.07) is 15.5. The molecule has 1 amide bonds. The maximum atomic E-state index is 13.1. The van der Waals surface area contributed by atoms with E-state index in [1.54, 1.807) is 18.3 Å². The van der Waals surface area contributed by atoms with Crippen molar-refractivity contribution >= 4 is 28.9 Å². The molecule has 1 saturated heterocycles. The topological polar surface area (TPSA) is 62.2 Å². The molecule has 0 saturated carbocycles. The van der Waals surface area contributed by atoms with Gasteiger partial charge < -0.3 is 20.1 Å². The van der Waals surface area contributed by atoms with Crippen LogP contribution in [0.25, 0.3) is 0 Å². The first-order valence-corrected chi connectivity index (χ1v) is 10.7. The van der Waals surface area contributed by atoms with Gasteiger partial charge in [0.1, 0.15) is 5.82 Å². The predicted molar refractivity (Wildman–Crippen MR) is 122 cm³/mol. The van der Waals surface area contributed by atoms with E-state index in [2.05, 4.69) is 38.1 Å². The number of thiocarbonyl (C=S) groups is 1. The van der Waals surface area contributed by atoms with Gasteiger partial charge in [0, 0.05) is 43.3 Å². The fraction of sp³-hybridized carbons (Fsp3) is 0.261. The van der Waals surface area contributed by atoms with Crippen LogP contribution < -0.4 is 10.6 Å². The van der Waals surface area contributed by atoms with E-state index < -0.39 is 0 Å². The van der Waals surface area contributed by atoms with Crippen LogP contribution in [0.5, 0.6) is 0 Å². The van der Waals surface area contributed by atoms with Crippen molar-refractivity contribution in [3.05, 3.63) is 84.2 Å². The van der Waals surface area contributed by atoms with Gasteiger partial charge in [-0.3, -0.25) is 9.78 Å². The lowest BCUT2D eigenvalue weighted by Gasteiger charge is -2.28. The molecule has 160 valence electrons. The van der Waals surface area contributed by atoms with Crippen molar-refractivity contribution in [2.75, 3.05) is 11.9 Å². The number of nitrogens with zero attached hydrogens (tertiary/aromatic N) is 3. The van der Waals surface area contributed by atoms with E-state index in [1.807, 2.05) is 30.5 Å². The molecule has 1 aliphatic rings. The summed E-state index contributed by atoms with van der Waals surface area (Å²) in [4.78, 5) is 19.1. The van der Waals surface area contributed by atoms with Crippen LogP contribution >= 0.6 is 12.2 Å². The van der Waals surface area contributed by atoms with E-state index in [9.17, 15) is 9.18 Å². The number of rotatable bonds is 7. The number of carbonyl (C=O) groups excluding carboxylic acids is 1. The molecule has 3 heterocycles. The number of anilines is 1. The van der Waals surface area contributed by atoms with E-state index in [1.165, 1.54) is 12.1 Å². The zero-order chi connectivity index (χ0) is 21.8. The molecule has 6 nitrogen and oxygen atoms in total. The van der Waals surface area contributed by atoms with Crippen molar-refractivity contribution in [1.82, 2.24) is 19.8 Å². The van der Waals surface area contributed by atoms with Gasteiger partial charge in [-0.05, 0) is 67.7 Å². The van der Waals surface area contributed by atoms with Crippen LogP contribution in [0.3, 0.4) is 0 Å². The first-order valence-electron chi connectivity index (χ1n) is 10.3. The highest BCUT2D eigenvalue weighted by molar-refractivity contribution is 7.80. The molecule has 0 radical (unpaired) electrons. The van der Waals surface area contributed by atoms with E-state index in [0.29, 0.717) is 17.3 Å². The maximum absolute atomic E-state index is 13.1. The van der Waals surface area contributed by atoms with Gasteiger partial charge >= 0.3 is 0 Å². The molecule has 2 N–H and O–H groups in total. The van der Waals surface area contributed by atoms with Gasteiger partial charge in [0.2, 0.25) is 5.91 Å². The maximum Gasteiger partial charge on any atom is 0.226 e. The van der Waals surface area contributed by atoms with E-state index >= 15 is 0 Å². The summed E-state index contributed by atoms with van der Waals surface area (Å²) >= 11 is 5.65. The summed E-state index contributed by atoms with van der Waals surface area (Å²) in [5.74, 6) is -0.492. The molecule has 0 aliphatic carbocycles. The predicted octanol–water partition coefficient (Wildman–Crippen LogP) is 4.04. The van der Waals surface area contributed by atoms with Gasteiger partial charge in [-0.2, -0.15) is 0 Å². The fourth-order valence-electron chi connectivity index (χ4n) is 3.93. The summed E-state index contributed by atoms with van der Waals surface area (Å²) in [6.07, 6.45) is 4.07. The van der Waals surface area contributed by atoms with E-state index in [0.717, 1.165) is 17.9 Å². The third-order valence-electron chi connectivity index (χ3n) is 5.41. The Balaban J connectivity index is 1.54. The van der Waals surface area contributed by atoms with Crippen LogP contribution in [-0.4, -0.2) is 32.0 Å². The summed E-state index contributed by atoms with van der Waals surface area (Å²) in [7, 11) is 0. The molecular formula is C23H24FN5OS. The van der Waals surface area contributed by atoms with Crippen LogP contribution in [0.4, 0.5) is 10.1 Å². The Morgan fingerprint density at radius 3 is 2.71 bits per heavy atom. The minimum Gasteiger partial charge on any atom is -0.352 e. The molecule has 4 rings (SSSR count). The number of carbonyl (C=O) groups is 1. The number of benzene rings is 1. The summed E-state index contributed by atoms with van der Waals surface area (Å²) in [6.45, 7) is 3.38.